The third-order valence-electron chi connectivity index (χ3n) is 5.38. The first kappa shape index (κ1) is 23.9. The van der Waals surface area contributed by atoms with E-state index in [1.54, 1.807) is 54.9 Å². The summed E-state index contributed by atoms with van der Waals surface area (Å²) >= 11 is 12.1. The molecule has 0 aliphatic rings. The molecule has 4 rings (SSSR count). The van der Waals surface area contributed by atoms with Crippen LogP contribution in [0.3, 0.4) is 0 Å². The Hall–Kier alpha value is -3.29. The zero-order valence-electron chi connectivity index (χ0n) is 18.8. The molecule has 9 heteroatoms. The van der Waals surface area contributed by atoms with Crippen LogP contribution < -0.4 is 10.1 Å². The van der Waals surface area contributed by atoms with Gasteiger partial charge in [-0.1, -0.05) is 29.3 Å². The number of ether oxygens (including phenoxy) is 1. The highest BCUT2D eigenvalue weighted by atomic mass is 35.5. The highest BCUT2D eigenvalue weighted by molar-refractivity contribution is 6.31. The Morgan fingerprint density at radius 1 is 1.15 bits per heavy atom. The Bertz CT molecular complexity index is 1340. The van der Waals surface area contributed by atoms with Crippen LogP contribution in [-0.4, -0.2) is 15.7 Å². The normalized spacial score (nSPS) is 11.0. The van der Waals surface area contributed by atoms with Crippen molar-refractivity contribution in [1.82, 2.24) is 9.78 Å². The molecular formula is C25H22Cl2FN3O3. The minimum atomic E-state index is -0.427. The number of furan rings is 1. The molecule has 0 saturated heterocycles. The number of hydrogen-bond acceptors (Lipinski definition) is 4. The van der Waals surface area contributed by atoms with Crippen LogP contribution in [-0.2, 0) is 13.2 Å². The number of benzene rings is 2. The lowest BCUT2D eigenvalue weighted by Crippen LogP contribution is -2.13. The first-order chi connectivity index (χ1) is 16.2. The second-order valence-electron chi connectivity index (χ2n) is 7.82. The molecule has 34 heavy (non-hydrogen) atoms. The van der Waals surface area contributed by atoms with Gasteiger partial charge in [0.15, 0.2) is 5.76 Å². The lowest BCUT2D eigenvalue weighted by Gasteiger charge is -2.09. The molecule has 0 saturated carbocycles. The lowest BCUT2D eigenvalue weighted by atomic mass is 10.2. The van der Waals surface area contributed by atoms with E-state index in [9.17, 15) is 9.18 Å². The highest BCUT2D eigenvalue weighted by Crippen LogP contribution is 2.26. The average Bonchev–Trinajstić information content (AvgIpc) is 3.36. The fourth-order valence-corrected chi connectivity index (χ4v) is 3.99. The number of anilines is 1. The largest absolute Gasteiger partial charge is 0.485 e. The molecule has 0 spiro atoms. The summed E-state index contributed by atoms with van der Waals surface area (Å²) in [6.07, 6.45) is 0. The predicted molar refractivity (Wildman–Crippen MR) is 129 cm³/mol. The maximum Gasteiger partial charge on any atom is 0.291 e. The molecule has 0 unspecified atom stereocenters. The SMILES string of the molecule is Cc1cc(Cl)ccc1OCc1ccc(C(=O)Nc2c(C)nn(Cc3c(F)cccc3Cl)c2C)o1. The van der Waals surface area contributed by atoms with Crippen molar-refractivity contribution in [2.75, 3.05) is 5.32 Å². The van der Waals surface area contributed by atoms with E-state index in [0.717, 1.165) is 5.56 Å². The number of hydrogen-bond donors (Lipinski definition) is 1. The first-order valence-corrected chi connectivity index (χ1v) is 11.2. The summed E-state index contributed by atoms with van der Waals surface area (Å²) in [7, 11) is 0. The molecule has 0 bridgehead atoms. The van der Waals surface area contributed by atoms with Crippen molar-refractivity contribution in [2.24, 2.45) is 0 Å². The molecule has 0 atom stereocenters. The van der Waals surface area contributed by atoms with Gasteiger partial charge in [-0.15, -0.1) is 0 Å². The van der Waals surface area contributed by atoms with Crippen LogP contribution in [0.15, 0.2) is 52.9 Å². The van der Waals surface area contributed by atoms with E-state index in [-0.39, 0.29) is 18.9 Å². The fourth-order valence-electron chi connectivity index (χ4n) is 3.54. The van der Waals surface area contributed by atoms with E-state index in [1.165, 1.54) is 6.07 Å². The van der Waals surface area contributed by atoms with Gasteiger partial charge >= 0.3 is 0 Å². The summed E-state index contributed by atoms with van der Waals surface area (Å²) in [5.41, 5.74) is 3.02. The van der Waals surface area contributed by atoms with Gasteiger partial charge in [0.1, 0.15) is 23.9 Å². The topological polar surface area (TPSA) is 69.3 Å². The van der Waals surface area contributed by atoms with Crippen molar-refractivity contribution in [3.63, 3.8) is 0 Å². The molecule has 0 radical (unpaired) electrons. The van der Waals surface area contributed by atoms with Crippen molar-refractivity contribution in [1.29, 1.82) is 0 Å². The number of carbonyl (C=O) groups is 1. The molecule has 2 heterocycles. The Kier molecular flexibility index (Phi) is 6.95. The number of nitrogens with one attached hydrogen (secondary N) is 1. The molecule has 1 N–H and O–H groups in total. The van der Waals surface area contributed by atoms with E-state index in [2.05, 4.69) is 10.4 Å². The molecule has 176 valence electrons. The van der Waals surface area contributed by atoms with E-state index in [0.29, 0.717) is 44.2 Å². The molecule has 2 aromatic carbocycles. The first-order valence-electron chi connectivity index (χ1n) is 10.5. The van der Waals surface area contributed by atoms with Crippen LogP contribution in [0.25, 0.3) is 0 Å². The third kappa shape index (κ3) is 5.11. The van der Waals surface area contributed by atoms with Crippen molar-refractivity contribution in [3.05, 3.63) is 98.4 Å². The number of halogens is 3. The molecule has 2 aromatic heterocycles. The van der Waals surface area contributed by atoms with Crippen LogP contribution in [0.4, 0.5) is 10.1 Å². The minimum Gasteiger partial charge on any atom is -0.485 e. The summed E-state index contributed by atoms with van der Waals surface area (Å²) < 4.78 is 27.2. The average molecular weight is 502 g/mol. The summed E-state index contributed by atoms with van der Waals surface area (Å²) in [5, 5.41) is 8.22. The number of aryl methyl sites for hydroxylation is 2. The molecule has 0 fully saturated rings. The monoisotopic (exact) mass is 501 g/mol. The smallest absolute Gasteiger partial charge is 0.291 e. The van der Waals surface area contributed by atoms with E-state index >= 15 is 0 Å². The van der Waals surface area contributed by atoms with Gasteiger partial charge in [0, 0.05) is 15.6 Å². The van der Waals surface area contributed by atoms with Crippen LogP contribution in [0.1, 0.15) is 38.8 Å². The number of rotatable bonds is 7. The van der Waals surface area contributed by atoms with Gasteiger partial charge in [-0.25, -0.2) is 4.39 Å². The highest BCUT2D eigenvalue weighted by Gasteiger charge is 2.19. The second kappa shape index (κ2) is 9.91. The zero-order valence-corrected chi connectivity index (χ0v) is 20.3. The Labute approximate surface area is 206 Å². The Balaban J connectivity index is 1.44. The van der Waals surface area contributed by atoms with Gasteiger partial charge in [-0.3, -0.25) is 9.48 Å². The number of nitrogens with zero attached hydrogens (tertiary/aromatic N) is 2. The van der Waals surface area contributed by atoms with E-state index in [1.807, 2.05) is 13.0 Å². The lowest BCUT2D eigenvalue weighted by molar-refractivity contribution is 0.0992. The molecule has 1 amide bonds. The van der Waals surface area contributed by atoms with Crippen molar-refractivity contribution >= 4 is 34.8 Å². The number of amides is 1. The Morgan fingerprint density at radius 2 is 1.94 bits per heavy atom. The summed E-state index contributed by atoms with van der Waals surface area (Å²) in [6.45, 7) is 5.75. The maximum absolute atomic E-state index is 14.2. The van der Waals surface area contributed by atoms with Gasteiger partial charge in [0.05, 0.1) is 23.6 Å². The minimum absolute atomic E-state index is 0.134. The fraction of sp³-hybridized carbons (Fsp3) is 0.200. The van der Waals surface area contributed by atoms with Gasteiger partial charge < -0.3 is 14.5 Å². The van der Waals surface area contributed by atoms with Crippen LogP contribution in [0.5, 0.6) is 5.75 Å². The quantitative estimate of drug-likeness (QED) is 0.304. The van der Waals surface area contributed by atoms with E-state index < -0.39 is 11.7 Å². The second-order valence-corrected chi connectivity index (χ2v) is 8.67. The van der Waals surface area contributed by atoms with Gasteiger partial charge in [0.25, 0.3) is 5.91 Å². The van der Waals surface area contributed by atoms with Crippen molar-refractivity contribution < 1.29 is 18.3 Å². The molecule has 0 aliphatic carbocycles. The van der Waals surface area contributed by atoms with Crippen molar-refractivity contribution in [2.45, 2.75) is 33.9 Å². The maximum atomic E-state index is 14.2. The molecule has 0 aliphatic heterocycles. The summed E-state index contributed by atoms with van der Waals surface area (Å²) in [4.78, 5) is 12.8. The number of aromatic nitrogens is 2. The van der Waals surface area contributed by atoms with Crippen LogP contribution >= 0.6 is 23.2 Å². The van der Waals surface area contributed by atoms with Gasteiger partial charge in [0.2, 0.25) is 0 Å². The molecule has 6 nitrogen and oxygen atoms in total. The van der Waals surface area contributed by atoms with Gasteiger partial charge in [-0.2, -0.15) is 5.10 Å². The van der Waals surface area contributed by atoms with E-state index in [4.69, 9.17) is 32.4 Å². The number of carbonyl (C=O) groups excluding carboxylic acids is 1. The summed E-state index contributed by atoms with van der Waals surface area (Å²) in [5.74, 6) is 0.474. The predicted octanol–water partition coefficient (Wildman–Crippen LogP) is 6.73. The van der Waals surface area contributed by atoms with Crippen LogP contribution in [0, 0.1) is 26.6 Å². The third-order valence-corrected chi connectivity index (χ3v) is 5.97. The molecule has 4 aromatic rings. The summed E-state index contributed by atoms with van der Waals surface area (Å²) in [6, 6.07) is 13.1. The van der Waals surface area contributed by atoms with Crippen LogP contribution in [0.2, 0.25) is 10.0 Å². The Morgan fingerprint density at radius 3 is 2.68 bits per heavy atom. The standard InChI is InChI=1S/C25H22Cl2FN3O3/c1-14-11-17(26)7-9-22(14)33-13-18-8-10-23(34-18)25(32)29-24-15(2)30-31(16(24)3)12-19-20(27)5-4-6-21(19)28/h4-11H,12-13H2,1-3H3,(H,29,32). The van der Waals surface area contributed by atoms with Gasteiger partial charge in [-0.05, 0) is 68.8 Å². The zero-order chi connectivity index (χ0) is 24.4. The molecular weight excluding hydrogens is 480 g/mol. The van der Waals surface area contributed by atoms with Crippen molar-refractivity contribution in [3.8, 4) is 5.75 Å².